The quantitative estimate of drug-likeness (QED) is 0.141. The monoisotopic (exact) mass is 495 g/mol. The summed E-state index contributed by atoms with van der Waals surface area (Å²) in [5.41, 5.74) is 8.12. The molecule has 0 radical (unpaired) electrons. The lowest BCUT2D eigenvalue weighted by molar-refractivity contribution is -0.144. The molecule has 0 spiro atoms. The first kappa shape index (κ1) is 26.5. The van der Waals surface area contributed by atoms with E-state index in [0.29, 0.717) is 31.5 Å². The lowest BCUT2D eigenvalue weighted by Crippen LogP contribution is -2.54. The van der Waals surface area contributed by atoms with E-state index in [2.05, 4.69) is 10.5 Å². The third-order valence-corrected chi connectivity index (χ3v) is 6.00. The van der Waals surface area contributed by atoms with Crippen molar-refractivity contribution < 1.29 is 24.3 Å². The van der Waals surface area contributed by atoms with Crippen LogP contribution in [0, 0.1) is 0 Å². The molecule has 36 heavy (non-hydrogen) atoms. The number of hydrogen-bond acceptors (Lipinski definition) is 7. The van der Waals surface area contributed by atoms with E-state index in [1.807, 2.05) is 35.2 Å². The van der Waals surface area contributed by atoms with Gasteiger partial charge in [0.05, 0.1) is 26.1 Å². The Bertz CT molecular complexity index is 1060. The third-order valence-electron chi connectivity index (χ3n) is 6.00. The predicted octanol–water partition coefficient (Wildman–Crippen LogP) is 1.50. The van der Waals surface area contributed by atoms with E-state index in [9.17, 15) is 14.4 Å². The minimum absolute atomic E-state index is 0.0125. The Morgan fingerprint density at radius 2 is 1.86 bits per heavy atom. The summed E-state index contributed by atoms with van der Waals surface area (Å²) in [5, 5.41) is 14.7. The van der Waals surface area contributed by atoms with Gasteiger partial charge in [-0.25, -0.2) is 0 Å². The van der Waals surface area contributed by atoms with Gasteiger partial charge in [0.2, 0.25) is 11.8 Å². The van der Waals surface area contributed by atoms with Crippen LogP contribution in [-0.2, 0) is 25.5 Å². The zero-order valence-corrected chi connectivity index (χ0v) is 20.4. The number of oxime groups is 1. The molecule has 0 aliphatic carbocycles. The average molecular weight is 496 g/mol. The first-order valence-corrected chi connectivity index (χ1v) is 12.0. The summed E-state index contributed by atoms with van der Waals surface area (Å²) in [6, 6.07) is 16.5. The Kier molecular flexibility index (Phi) is 9.67. The molecule has 1 unspecified atom stereocenters. The first-order valence-electron chi connectivity index (χ1n) is 12.0. The summed E-state index contributed by atoms with van der Waals surface area (Å²) in [4.78, 5) is 41.0. The number of piperazine rings is 1. The minimum Gasteiger partial charge on any atom is -0.466 e. The fraction of sp³-hybridized carbons (Fsp3) is 0.385. The molecule has 0 aromatic heterocycles. The van der Waals surface area contributed by atoms with Crippen LogP contribution >= 0.6 is 0 Å². The van der Waals surface area contributed by atoms with Gasteiger partial charge in [0.1, 0.15) is 0 Å². The smallest absolute Gasteiger partial charge is 0.307 e. The molecule has 2 amide bonds. The number of amidine groups is 1. The molecule has 0 saturated carbocycles. The van der Waals surface area contributed by atoms with E-state index in [1.165, 1.54) is 4.90 Å². The van der Waals surface area contributed by atoms with E-state index < -0.39 is 0 Å². The summed E-state index contributed by atoms with van der Waals surface area (Å²) in [7, 11) is 0. The number of carbonyl (C=O) groups is 3. The van der Waals surface area contributed by atoms with Crippen molar-refractivity contribution in [3.8, 4) is 0 Å². The number of aryl methyl sites for hydroxylation is 1. The lowest BCUT2D eigenvalue weighted by atomic mass is 10.0. The molecule has 2 aromatic rings. The summed E-state index contributed by atoms with van der Waals surface area (Å²) in [6.45, 7) is 3.04. The number of nitrogens with zero attached hydrogens (tertiary/aromatic N) is 3. The summed E-state index contributed by atoms with van der Waals surface area (Å²) < 4.78 is 5.07. The van der Waals surface area contributed by atoms with Crippen LogP contribution in [0.5, 0.6) is 0 Å². The molecule has 10 heteroatoms. The molecule has 10 nitrogen and oxygen atoms in total. The Hall–Kier alpha value is -4.08. The lowest BCUT2D eigenvalue weighted by Gasteiger charge is -2.35. The van der Waals surface area contributed by atoms with Gasteiger partial charge in [0, 0.05) is 30.4 Å². The SMILES string of the molecule is CCOC(=O)CC(CCc1ccccc1)NC(=O)CN1CCN(c2ccc(/C(N)=N\O)cc2)CC1=O. The maximum Gasteiger partial charge on any atom is 0.307 e. The van der Waals surface area contributed by atoms with Crippen molar-refractivity contribution in [1.82, 2.24) is 10.2 Å². The largest absolute Gasteiger partial charge is 0.466 e. The topological polar surface area (TPSA) is 138 Å². The Morgan fingerprint density at radius 1 is 1.14 bits per heavy atom. The molecule has 1 fully saturated rings. The third kappa shape index (κ3) is 7.72. The summed E-state index contributed by atoms with van der Waals surface area (Å²) >= 11 is 0. The number of amides is 2. The number of esters is 1. The fourth-order valence-corrected chi connectivity index (χ4v) is 4.08. The van der Waals surface area contributed by atoms with Crippen LogP contribution in [0.3, 0.4) is 0 Å². The minimum atomic E-state index is -0.387. The Morgan fingerprint density at radius 3 is 2.50 bits per heavy atom. The number of carbonyl (C=O) groups excluding carboxylic acids is 3. The van der Waals surface area contributed by atoms with Crippen LogP contribution in [0.25, 0.3) is 0 Å². The van der Waals surface area contributed by atoms with E-state index in [4.69, 9.17) is 15.7 Å². The second-order valence-electron chi connectivity index (χ2n) is 8.57. The van der Waals surface area contributed by atoms with Crippen molar-refractivity contribution in [1.29, 1.82) is 0 Å². The standard InChI is InChI=1S/C26H33N5O5/c1-2-36-25(34)16-21(11-8-19-6-4-3-5-7-19)28-23(32)17-31-15-14-30(18-24(31)33)22-12-9-20(10-13-22)26(27)29-35/h3-7,9-10,12-13,21,35H,2,8,11,14-18H2,1H3,(H2,27,29)(H,28,32). The molecule has 0 bridgehead atoms. The Labute approximate surface area is 210 Å². The normalized spacial score (nSPS) is 14.9. The van der Waals surface area contributed by atoms with E-state index >= 15 is 0 Å². The molecular formula is C26H33N5O5. The molecule has 4 N–H and O–H groups in total. The Balaban J connectivity index is 1.54. The maximum atomic E-state index is 12.8. The molecule has 2 aromatic carbocycles. The van der Waals surface area contributed by atoms with Crippen LogP contribution in [0.1, 0.15) is 30.9 Å². The highest BCUT2D eigenvalue weighted by molar-refractivity contribution is 5.97. The van der Waals surface area contributed by atoms with Gasteiger partial charge in [0.15, 0.2) is 5.84 Å². The van der Waals surface area contributed by atoms with Crippen LogP contribution in [0.2, 0.25) is 0 Å². The molecule has 1 heterocycles. The molecule has 1 atom stereocenters. The van der Waals surface area contributed by atoms with Crippen molar-refractivity contribution in [2.45, 2.75) is 32.2 Å². The highest BCUT2D eigenvalue weighted by atomic mass is 16.5. The van der Waals surface area contributed by atoms with Crippen molar-refractivity contribution in [3.05, 3.63) is 65.7 Å². The summed E-state index contributed by atoms with van der Waals surface area (Å²) in [5.74, 6) is -0.817. The zero-order chi connectivity index (χ0) is 25.9. The average Bonchev–Trinajstić information content (AvgIpc) is 2.89. The number of nitrogens with two attached hydrogens (primary N) is 1. The molecule has 1 aliphatic rings. The van der Waals surface area contributed by atoms with Gasteiger partial charge in [0.25, 0.3) is 0 Å². The molecule has 3 rings (SSSR count). The number of hydrogen-bond donors (Lipinski definition) is 3. The van der Waals surface area contributed by atoms with E-state index in [0.717, 1.165) is 11.3 Å². The number of benzene rings is 2. The molecular weight excluding hydrogens is 462 g/mol. The zero-order valence-electron chi connectivity index (χ0n) is 20.4. The summed E-state index contributed by atoms with van der Waals surface area (Å²) in [6.07, 6.45) is 1.37. The van der Waals surface area contributed by atoms with Crippen LogP contribution in [0.15, 0.2) is 59.8 Å². The van der Waals surface area contributed by atoms with Crippen molar-refractivity contribution in [3.63, 3.8) is 0 Å². The predicted molar refractivity (Wildman–Crippen MR) is 136 cm³/mol. The second-order valence-corrected chi connectivity index (χ2v) is 8.57. The highest BCUT2D eigenvalue weighted by Gasteiger charge is 2.27. The van der Waals surface area contributed by atoms with Crippen LogP contribution in [-0.4, -0.2) is 72.6 Å². The highest BCUT2D eigenvalue weighted by Crippen LogP contribution is 2.18. The van der Waals surface area contributed by atoms with Gasteiger partial charge in [-0.3, -0.25) is 14.4 Å². The van der Waals surface area contributed by atoms with Gasteiger partial charge in [-0.15, -0.1) is 0 Å². The maximum absolute atomic E-state index is 12.8. The van der Waals surface area contributed by atoms with Crippen LogP contribution < -0.4 is 16.0 Å². The van der Waals surface area contributed by atoms with Crippen molar-refractivity contribution >= 4 is 29.3 Å². The van der Waals surface area contributed by atoms with Gasteiger partial charge in [-0.05, 0) is 49.6 Å². The fourth-order valence-electron chi connectivity index (χ4n) is 4.08. The van der Waals surface area contributed by atoms with E-state index in [1.54, 1.807) is 31.2 Å². The molecule has 1 saturated heterocycles. The second kappa shape index (κ2) is 13.1. The number of ether oxygens (including phenoxy) is 1. The van der Waals surface area contributed by atoms with Crippen LogP contribution in [0.4, 0.5) is 5.69 Å². The number of rotatable bonds is 11. The van der Waals surface area contributed by atoms with E-state index in [-0.39, 0.29) is 55.8 Å². The number of nitrogens with one attached hydrogen (secondary N) is 1. The van der Waals surface area contributed by atoms with Crippen molar-refractivity contribution in [2.24, 2.45) is 10.9 Å². The van der Waals surface area contributed by atoms with Gasteiger partial charge >= 0.3 is 5.97 Å². The first-order chi connectivity index (χ1) is 17.4. The van der Waals surface area contributed by atoms with Gasteiger partial charge in [-0.1, -0.05) is 35.5 Å². The van der Waals surface area contributed by atoms with Gasteiger partial charge < -0.3 is 30.8 Å². The van der Waals surface area contributed by atoms with Crippen molar-refractivity contribution in [2.75, 3.05) is 37.7 Å². The van der Waals surface area contributed by atoms with Gasteiger partial charge in [-0.2, -0.15) is 0 Å². The molecule has 1 aliphatic heterocycles. The molecule has 192 valence electrons. The number of anilines is 1.